The molecule has 2 aromatic rings. The lowest BCUT2D eigenvalue weighted by Crippen LogP contribution is -2.40. The first-order valence-electron chi connectivity index (χ1n) is 10.1. The van der Waals surface area contributed by atoms with Crippen LogP contribution in [-0.2, 0) is 16.1 Å². The van der Waals surface area contributed by atoms with Gasteiger partial charge >= 0.3 is 0 Å². The number of hydrogen-bond acceptors (Lipinski definition) is 4. The van der Waals surface area contributed by atoms with Crippen LogP contribution in [0.2, 0.25) is 0 Å². The molecule has 154 valence electrons. The molecule has 7 heteroatoms. The predicted molar refractivity (Wildman–Crippen MR) is 115 cm³/mol. The number of carbonyl (C=O) groups excluding carboxylic acids is 1. The SMILES string of the molecule is C[C@H]1C[C@@H](C(=O)Nc2ccc3c(ccn3CCN3CCOCC3)c2)CCN1.Cl. The van der Waals surface area contributed by atoms with E-state index in [1.54, 1.807) is 0 Å². The monoisotopic (exact) mass is 406 g/mol. The second-order valence-corrected chi connectivity index (χ2v) is 7.80. The molecule has 0 unspecified atom stereocenters. The molecule has 1 amide bonds. The predicted octanol–water partition coefficient (Wildman–Crippen LogP) is 2.72. The van der Waals surface area contributed by atoms with Gasteiger partial charge in [-0.3, -0.25) is 9.69 Å². The molecule has 2 saturated heterocycles. The third-order valence-electron chi connectivity index (χ3n) is 5.79. The highest BCUT2D eigenvalue weighted by molar-refractivity contribution is 5.95. The molecular formula is C21H31ClN4O2. The molecule has 0 radical (unpaired) electrons. The Morgan fingerprint density at radius 2 is 2.07 bits per heavy atom. The Hall–Kier alpha value is -1.60. The molecule has 6 nitrogen and oxygen atoms in total. The number of nitrogens with one attached hydrogen (secondary N) is 2. The Bertz CT molecular complexity index is 788. The van der Waals surface area contributed by atoms with Crippen molar-refractivity contribution in [1.82, 2.24) is 14.8 Å². The summed E-state index contributed by atoms with van der Waals surface area (Å²) < 4.78 is 7.71. The van der Waals surface area contributed by atoms with E-state index >= 15 is 0 Å². The van der Waals surface area contributed by atoms with Gasteiger partial charge in [0.2, 0.25) is 5.91 Å². The van der Waals surface area contributed by atoms with Crippen LogP contribution in [0.1, 0.15) is 19.8 Å². The fraction of sp³-hybridized carbons (Fsp3) is 0.571. The fourth-order valence-corrected chi connectivity index (χ4v) is 4.16. The van der Waals surface area contributed by atoms with E-state index in [1.807, 2.05) is 6.07 Å². The lowest BCUT2D eigenvalue weighted by Gasteiger charge is -2.27. The van der Waals surface area contributed by atoms with Crippen molar-refractivity contribution in [3.05, 3.63) is 30.5 Å². The number of ether oxygens (including phenoxy) is 1. The number of anilines is 1. The Morgan fingerprint density at radius 3 is 2.86 bits per heavy atom. The maximum atomic E-state index is 12.6. The lowest BCUT2D eigenvalue weighted by molar-refractivity contribution is -0.120. The zero-order valence-electron chi connectivity index (χ0n) is 16.5. The van der Waals surface area contributed by atoms with E-state index in [0.29, 0.717) is 6.04 Å². The lowest BCUT2D eigenvalue weighted by atomic mass is 9.92. The van der Waals surface area contributed by atoms with Crippen LogP contribution >= 0.6 is 12.4 Å². The number of rotatable bonds is 5. The summed E-state index contributed by atoms with van der Waals surface area (Å²) in [4.78, 5) is 15.0. The Balaban J connectivity index is 0.00000225. The minimum atomic E-state index is 0. The highest BCUT2D eigenvalue weighted by atomic mass is 35.5. The van der Waals surface area contributed by atoms with Crippen LogP contribution in [0.4, 0.5) is 5.69 Å². The third-order valence-corrected chi connectivity index (χ3v) is 5.79. The van der Waals surface area contributed by atoms with Crippen molar-refractivity contribution >= 4 is 34.9 Å². The number of hydrogen-bond donors (Lipinski definition) is 2. The van der Waals surface area contributed by atoms with Gasteiger partial charge in [-0.2, -0.15) is 0 Å². The molecule has 0 aliphatic carbocycles. The first-order chi connectivity index (χ1) is 13.2. The molecular weight excluding hydrogens is 376 g/mol. The first-order valence-corrected chi connectivity index (χ1v) is 10.1. The largest absolute Gasteiger partial charge is 0.379 e. The standard InChI is InChI=1S/C21H30N4O2.ClH/c1-16-14-18(4-6-22-16)21(26)23-19-2-3-20-17(15-19)5-7-25(20)9-8-24-10-12-27-13-11-24;/h2-3,5,7,15-16,18,22H,4,6,8-14H2,1H3,(H,23,26);1H/t16-,18-;/m0./s1. The van der Waals surface area contributed by atoms with Gasteiger partial charge in [-0.25, -0.2) is 0 Å². The second kappa shape index (κ2) is 9.74. The van der Waals surface area contributed by atoms with Gasteiger partial charge in [0.15, 0.2) is 0 Å². The normalized spacial score (nSPS) is 23.3. The summed E-state index contributed by atoms with van der Waals surface area (Å²) in [6.45, 7) is 8.79. The van der Waals surface area contributed by atoms with Crippen molar-refractivity contribution in [3.8, 4) is 0 Å². The molecule has 2 N–H and O–H groups in total. The summed E-state index contributed by atoms with van der Waals surface area (Å²) in [5, 5.41) is 7.69. The Kier molecular flexibility index (Phi) is 7.35. The summed E-state index contributed by atoms with van der Waals surface area (Å²) in [5.74, 6) is 0.254. The van der Waals surface area contributed by atoms with E-state index in [4.69, 9.17) is 4.74 Å². The molecule has 0 bridgehead atoms. The van der Waals surface area contributed by atoms with E-state index in [2.05, 4.69) is 51.4 Å². The first kappa shape index (κ1) is 21.1. The van der Waals surface area contributed by atoms with Crippen molar-refractivity contribution in [2.24, 2.45) is 5.92 Å². The van der Waals surface area contributed by atoms with Crippen LogP contribution in [0.25, 0.3) is 10.9 Å². The summed E-state index contributed by atoms with van der Waals surface area (Å²) in [5.41, 5.74) is 2.11. The molecule has 2 atom stereocenters. The molecule has 1 aromatic heterocycles. The van der Waals surface area contributed by atoms with Crippen molar-refractivity contribution in [2.45, 2.75) is 32.4 Å². The van der Waals surface area contributed by atoms with E-state index in [1.165, 1.54) is 10.9 Å². The smallest absolute Gasteiger partial charge is 0.227 e. The van der Waals surface area contributed by atoms with Gasteiger partial charge in [-0.05, 0) is 50.6 Å². The number of nitrogens with zero attached hydrogens (tertiary/aromatic N) is 2. The van der Waals surface area contributed by atoms with Crippen molar-refractivity contribution in [3.63, 3.8) is 0 Å². The highest BCUT2D eigenvalue weighted by Crippen LogP contribution is 2.23. The summed E-state index contributed by atoms with van der Waals surface area (Å²) in [6, 6.07) is 8.78. The Morgan fingerprint density at radius 1 is 1.25 bits per heavy atom. The van der Waals surface area contributed by atoms with Crippen LogP contribution in [0.5, 0.6) is 0 Å². The number of amides is 1. The average molecular weight is 407 g/mol. The van der Waals surface area contributed by atoms with Gasteiger partial charge in [0, 0.05) is 60.9 Å². The van der Waals surface area contributed by atoms with Crippen LogP contribution in [0.15, 0.2) is 30.5 Å². The van der Waals surface area contributed by atoms with Crippen LogP contribution in [0, 0.1) is 5.92 Å². The quantitative estimate of drug-likeness (QED) is 0.801. The number of morpholine rings is 1. The number of carbonyl (C=O) groups is 1. The molecule has 4 rings (SSSR count). The zero-order valence-corrected chi connectivity index (χ0v) is 17.3. The maximum absolute atomic E-state index is 12.6. The van der Waals surface area contributed by atoms with E-state index in [9.17, 15) is 4.79 Å². The van der Waals surface area contributed by atoms with Crippen molar-refractivity contribution in [1.29, 1.82) is 0 Å². The molecule has 28 heavy (non-hydrogen) atoms. The van der Waals surface area contributed by atoms with Gasteiger partial charge < -0.3 is 19.9 Å². The van der Waals surface area contributed by atoms with Crippen LogP contribution in [0.3, 0.4) is 0 Å². The molecule has 3 heterocycles. The molecule has 0 spiro atoms. The molecule has 2 aliphatic rings. The zero-order chi connectivity index (χ0) is 18.6. The average Bonchev–Trinajstić information content (AvgIpc) is 3.09. The molecule has 2 aliphatic heterocycles. The van der Waals surface area contributed by atoms with E-state index in [0.717, 1.165) is 64.5 Å². The number of fused-ring (bicyclic) bond motifs is 1. The number of halogens is 1. The molecule has 1 aromatic carbocycles. The highest BCUT2D eigenvalue weighted by Gasteiger charge is 2.24. The molecule has 0 saturated carbocycles. The van der Waals surface area contributed by atoms with Crippen molar-refractivity contribution < 1.29 is 9.53 Å². The topological polar surface area (TPSA) is 58.5 Å². The summed E-state index contributed by atoms with van der Waals surface area (Å²) >= 11 is 0. The van der Waals surface area contributed by atoms with Gasteiger partial charge in [0.1, 0.15) is 0 Å². The fourth-order valence-electron chi connectivity index (χ4n) is 4.16. The van der Waals surface area contributed by atoms with E-state index < -0.39 is 0 Å². The van der Waals surface area contributed by atoms with Gasteiger partial charge in [0.25, 0.3) is 0 Å². The minimum Gasteiger partial charge on any atom is -0.379 e. The Labute approximate surface area is 173 Å². The van der Waals surface area contributed by atoms with Gasteiger partial charge in [-0.1, -0.05) is 0 Å². The summed E-state index contributed by atoms with van der Waals surface area (Å²) in [7, 11) is 0. The minimum absolute atomic E-state index is 0. The van der Waals surface area contributed by atoms with Crippen LogP contribution < -0.4 is 10.6 Å². The molecule has 2 fully saturated rings. The van der Waals surface area contributed by atoms with E-state index in [-0.39, 0.29) is 24.2 Å². The third kappa shape index (κ3) is 5.06. The second-order valence-electron chi connectivity index (χ2n) is 7.80. The number of piperidine rings is 1. The van der Waals surface area contributed by atoms with Gasteiger partial charge in [-0.15, -0.1) is 12.4 Å². The maximum Gasteiger partial charge on any atom is 0.227 e. The van der Waals surface area contributed by atoms with Crippen molar-refractivity contribution in [2.75, 3.05) is 44.7 Å². The van der Waals surface area contributed by atoms with Gasteiger partial charge in [0.05, 0.1) is 13.2 Å². The number of benzene rings is 1. The number of aromatic nitrogens is 1. The summed E-state index contributed by atoms with van der Waals surface area (Å²) in [6.07, 6.45) is 3.97. The van der Waals surface area contributed by atoms with Crippen LogP contribution in [-0.4, -0.2) is 60.8 Å².